The summed E-state index contributed by atoms with van der Waals surface area (Å²) in [5.41, 5.74) is 3.20. The average molecular weight is 254 g/mol. The molecule has 0 fully saturated rings. The highest BCUT2D eigenvalue weighted by Crippen LogP contribution is 2.25. The number of fused-ring (bicyclic) bond motifs is 1. The largest absolute Gasteiger partial charge is 0.275 e. The fourth-order valence-corrected chi connectivity index (χ4v) is 2.17. The van der Waals surface area contributed by atoms with Crippen LogP contribution in [0.2, 0.25) is 5.15 Å². The van der Waals surface area contributed by atoms with E-state index in [0.717, 1.165) is 22.0 Å². The lowest BCUT2D eigenvalue weighted by molar-refractivity contribution is 0.108. The van der Waals surface area contributed by atoms with Gasteiger partial charge in [-0.3, -0.25) is 4.79 Å². The van der Waals surface area contributed by atoms with Crippen molar-refractivity contribution in [2.75, 3.05) is 0 Å². The van der Waals surface area contributed by atoms with Crippen LogP contribution in [0.3, 0.4) is 0 Å². The van der Waals surface area contributed by atoms with E-state index in [-0.39, 0.29) is 10.7 Å². The van der Waals surface area contributed by atoms with Crippen LogP contribution in [0.5, 0.6) is 0 Å². The van der Waals surface area contributed by atoms with Gasteiger partial charge in [-0.25, -0.2) is 4.98 Å². The highest BCUT2D eigenvalue weighted by Gasteiger charge is 2.11. The molecule has 0 atom stereocenters. The second-order valence-corrected chi connectivity index (χ2v) is 4.45. The Morgan fingerprint density at radius 3 is 2.56 bits per heavy atom. The van der Waals surface area contributed by atoms with Crippen LogP contribution in [0.4, 0.5) is 0 Å². The molecule has 2 aromatic rings. The second kappa shape index (κ2) is 4.04. The summed E-state index contributed by atoms with van der Waals surface area (Å²) in [5, 5.41) is 0.468. The molecule has 1 aromatic carbocycles. The fraction of sp³-hybridized carbons (Fsp3) is 0.167. The summed E-state index contributed by atoms with van der Waals surface area (Å²) in [4.78, 5) is 15.3. The lowest BCUT2D eigenvalue weighted by Gasteiger charge is -2.06. The van der Waals surface area contributed by atoms with Gasteiger partial charge < -0.3 is 0 Å². The zero-order valence-electron chi connectivity index (χ0n) is 8.84. The number of rotatable bonds is 1. The first-order valence-electron chi connectivity index (χ1n) is 4.76. The Kier molecular flexibility index (Phi) is 2.87. The second-order valence-electron chi connectivity index (χ2n) is 3.75. The summed E-state index contributed by atoms with van der Waals surface area (Å²) in [7, 11) is 0. The molecular weight excluding hydrogens is 245 g/mol. The van der Waals surface area contributed by atoms with Crippen LogP contribution in [0, 0.1) is 13.8 Å². The Morgan fingerprint density at radius 2 is 1.94 bits per heavy atom. The first-order chi connectivity index (χ1) is 7.49. The Bertz CT molecular complexity index is 593. The van der Waals surface area contributed by atoms with Crippen LogP contribution in [0.15, 0.2) is 18.2 Å². The van der Waals surface area contributed by atoms with E-state index in [4.69, 9.17) is 23.2 Å². The monoisotopic (exact) mass is 253 g/mol. The third kappa shape index (κ3) is 1.91. The molecule has 82 valence electrons. The number of benzene rings is 1. The Morgan fingerprint density at radius 1 is 1.25 bits per heavy atom. The van der Waals surface area contributed by atoms with Gasteiger partial charge in [-0.05, 0) is 48.7 Å². The van der Waals surface area contributed by atoms with Gasteiger partial charge in [0.05, 0.1) is 11.1 Å². The van der Waals surface area contributed by atoms with Gasteiger partial charge in [0, 0.05) is 5.39 Å². The van der Waals surface area contributed by atoms with Gasteiger partial charge in [-0.15, -0.1) is 0 Å². The van der Waals surface area contributed by atoms with Crippen LogP contribution in [-0.4, -0.2) is 10.2 Å². The molecule has 0 amide bonds. The number of hydrogen-bond acceptors (Lipinski definition) is 2. The van der Waals surface area contributed by atoms with Gasteiger partial charge in [0.2, 0.25) is 0 Å². The molecule has 16 heavy (non-hydrogen) atoms. The number of aryl methyl sites for hydroxylation is 2. The highest BCUT2D eigenvalue weighted by atomic mass is 35.5. The van der Waals surface area contributed by atoms with Gasteiger partial charge in [0.15, 0.2) is 0 Å². The molecule has 0 bridgehead atoms. The standard InChI is InChI=1S/C12H9Cl2NO/c1-6-3-7(2)8-5-9(12(14)16)11(13)15-10(8)4-6/h3-5H,1-2H3. The first-order valence-corrected chi connectivity index (χ1v) is 5.52. The molecular formula is C12H9Cl2NO. The number of carbonyl (C=O) groups excluding carboxylic acids is 1. The molecule has 0 aliphatic carbocycles. The molecule has 0 saturated carbocycles. The van der Waals surface area contributed by atoms with Crippen molar-refractivity contribution in [2.45, 2.75) is 13.8 Å². The molecule has 0 radical (unpaired) electrons. The van der Waals surface area contributed by atoms with E-state index in [9.17, 15) is 4.79 Å². The van der Waals surface area contributed by atoms with Crippen LogP contribution >= 0.6 is 23.2 Å². The zero-order chi connectivity index (χ0) is 11.9. The normalized spacial score (nSPS) is 10.8. The molecule has 0 aliphatic heterocycles. The predicted molar refractivity (Wildman–Crippen MR) is 66.4 cm³/mol. The lowest BCUT2D eigenvalue weighted by Crippen LogP contribution is -1.95. The number of hydrogen-bond donors (Lipinski definition) is 0. The van der Waals surface area contributed by atoms with Crippen LogP contribution in [-0.2, 0) is 0 Å². The van der Waals surface area contributed by atoms with Gasteiger partial charge in [-0.1, -0.05) is 17.7 Å². The number of carbonyl (C=O) groups is 1. The maximum Gasteiger partial charge on any atom is 0.255 e. The van der Waals surface area contributed by atoms with E-state index < -0.39 is 5.24 Å². The minimum absolute atomic E-state index is 0.150. The quantitative estimate of drug-likeness (QED) is 0.570. The topological polar surface area (TPSA) is 30.0 Å². The summed E-state index contributed by atoms with van der Waals surface area (Å²) in [6, 6.07) is 5.64. The minimum atomic E-state index is -0.584. The van der Waals surface area contributed by atoms with Crippen molar-refractivity contribution in [3.8, 4) is 0 Å². The van der Waals surface area contributed by atoms with Crippen molar-refractivity contribution >= 4 is 39.3 Å². The molecule has 4 heteroatoms. The molecule has 0 saturated heterocycles. The van der Waals surface area contributed by atoms with Crippen molar-refractivity contribution < 1.29 is 4.79 Å². The van der Waals surface area contributed by atoms with Gasteiger partial charge in [-0.2, -0.15) is 0 Å². The number of aromatic nitrogens is 1. The molecule has 0 aliphatic rings. The molecule has 0 N–H and O–H groups in total. The Hall–Kier alpha value is -1.12. The summed E-state index contributed by atoms with van der Waals surface area (Å²) in [6.45, 7) is 3.95. The van der Waals surface area contributed by atoms with Crippen LogP contribution < -0.4 is 0 Å². The van der Waals surface area contributed by atoms with E-state index >= 15 is 0 Å². The van der Waals surface area contributed by atoms with E-state index in [1.807, 2.05) is 26.0 Å². The van der Waals surface area contributed by atoms with Gasteiger partial charge >= 0.3 is 0 Å². The maximum absolute atomic E-state index is 11.1. The lowest BCUT2D eigenvalue weighted by atomic mass is 10.1. The van der Waals surface area contributed by atoms with Crippen molar-refractivity contribution in [3.05, 3.63) is 40.0 Å². The van der Waals surface area contributed by atoms with Gasteiger partial charge in [0.1, 0.15) is 5.15 Å². The minimum Gasteiger partial charge on any atom is -0.275 e. The fourth-order valence-electron chi connectivity index (χ4n) is 1.74. The summed E-state index contributed by atoms with van der Waals surface area (Å²) in [5.74, 6) is 0. The van der Waals surface area contributed by atoms with Crippen LogP contribution in [0.1, 0.15) is 21.5 Å². The van der Waals surface area contributed by atoms with E-state index in [1.54, 1.807) is 6.07 Å². The number of halogens is 2. The van der Waals surface area contributed by atoms with E-state index in [1.165, 1.54) is 0 Å². The molecule has 1 heterocycles. The zero-order valence-corrected chi connectivity index (χ0v) is 10.4. The molecule has 0 unspecified atom stereocenters. The first kappa shape index (κ1) is 11.4. The van der Waals surface area contributed by atoms with Crippen LogP contribution in [0.25, 0.3) is 10.9 Å². The smallest absolute Gasteiger partial charge is 0.255 e. The Labute approximate surface area is 103 Å². The van der Waals surface area contributed by atoms with Crippen molar-refractivity contribution in [2.24, 2.45) is 0 Å². The van der Waals surface area contributed by atoms with Crippen molar-refractivity contribution in [1.29, 1.82) is 0 Å². The van der Waals surface area contributed by atoms with E-state index in [2.05, 4.69) is 4.98 Å². The maximum atomic E-state index is 11.1. The third-order valence-corrected chi connectivity index (χ3v) is 2.94. The molecule has 2 rings (SSSR count). The average Bonchev–Trinajstić information content (AvgIpc) is 2.15. The highest BCUT2D eigenvalue weighted by molar-refractivity contribution is 6.68. The van der Waals surface area contributed by atoms with Crippen molar-refractivity contribution in [3.63, 3.8) is 0 Å². The molecule has 0 spiro atoms. The van der Waals surface area contributed by atoms with E-state index in [0.29, 0.717) is 0 Å². The number of nitrogens with zero attached hydrogens (tertiary/aromatic N) is 1. The SMILES string of the molecule is Cc1cc(C)c2cc(C(=O)Cl)c(Cl)nc2c1. The molecule has 2 nitrogen and oxygen atoms in total. The number of pyridine rings is 1. The molecule has 1 aromatic heterocycles. The Balaban J connectivity index is 2.84. The summed E-state index contributed by atoms with van der Waals surface area (Å²) in [6.07, 6.45) is 0. The summed E-state index contributed by atoms with van der Waals surface area (Å²) >= 11 is 11.3. The van der Waals surface area contributed by atoms with Crippen molar-refractivity contribution in [1.82, 2.24) is 4.98 Å². The third-order valence-electron chi connectivity index (χ3n) is 2.45. The predicted octanol–water partition coefficient (Wildman–Crippen LogP) is 3.88. The van der Waals surface area contributed by atoms with Gasteiger partial charge in [0.25, 0.3) is 5.24 Å². The summed E-state index contributed by atoms with van der Waals surface area (Å²) < 4.78 is 0.